The molecule has 1 aromatic heterocycles. The second-order valence-electron chi connectivity index (χ2n) is 4.69. The number of aryl methyl sites for hydroxylation is 1. The van der Waals surface area contributed by atoms with E-state index in [-0.39, 0.29) is 24.2 Å². The molecular weight excluding hydrogens is 236 g/mol. The van der Waals surface area contributed by atoms with Gasteiger partial charge in [-0.3, -0.25) is 9.59 Å². The Kier molecular flexibility index (Phi) is 3.36. The zero-order valence-corrected chi connectivity index (χ0v) is 10.4. The molecule has 0 aromatic carbocycles. The number of carbonyl (C=O) groups is 2. The molecule has 1 fully saturated rings. The van der Waals surface area contributed by atoms with Crippen molar-refractivity contribution in [1.29, 1.82) is 0 Å². The molecule has 2 rings (SSSR count). The number of aliphatic carboxylic acids is 1. The Balaban J connectivity index is 2.13. The Morgan fingerprint density at radius 2 is 2.28 bits per heavy atom. The van der Waals surface area contributed by atoms with E-state index in [9.17, 15) is 9.59 Å². The second-order valence-corrected chi connectivity index (χ2v) is 4.69. The maximum Gasteiger partial charge on any atom is 0.308 e. The fraction of sp³-hybridized carbons (Fsp3) is 0.583. The summed E-state index contributed by atoms with van der Waals surface area (Å²) in [5, 5.41) is 8.93. The minimum atomic E-state index is -0.898. The molecule has 0 saturated heterocycles. The highest BCUT2D eigenvalue weighted by Crippen LogP contribution is 2.29. The molecule has 98 valence electrons. The van der Waals surface area contributed by atoms with E-state index in [1.165, 1.54) is 6.39 Å². The van der Waals surface area contributed by atoms with Crippen LogP contribution in [0.2, 0.25) is 0 Å². The Labute approximate surface area is 105 Å². The molecule has 0 spiro atoms. The number of amides is 1. The van der Waals surface area contributed by atoms with Crippen LogP contribution in [0, 0.1) is 12.8 Å². The van der Waals surface area contributed by atoms with Gasteiger partial charge in [-0.2, -0.15) is 0 Å². The van der Waals surface area contributed by atoms with Crippen molar-refractivity contribution < 1.29 is 19.1 Å². The number of carboxylic acid groups (broad SMARTS) is 1. The zero-order chi connectivity index (χ0) is 13.3. The van der Waals surface area contributed by atoms with E-state index in [0.29, 0.717) is 5.76 Å². The third-order valence-corrected chi connectivity index (χ3v) is 3.09. The van der Waals surface area contributed by atoms with Crippen LogP contribution in [0.15, 0.2) is 10.8 Å². The molecule has 1 aliphatic rings. The van der Waals surface area contributed by atoms with Crippen LogP contribution in [-0.2, 0) is 4.79 Å². The smallest absolute Gasteiger partial charge is 0.308 e. The molecule has 1 amide bonds. The Bertz CT molecular complexity index is 464. The van der Waals surface area contributed by atoms with E-state index in [1.54, 1.807) is 18.7 Å². The fourth-order valence-corrected chi connectivity index (χ4v) is 1.80. The number of oxazole rings is 1. The van der Waals surface area contributed by atoms with Crippen molar-refractivity contribution in [2.24, 2.45) is 5.92 Å². The number of carbonyl (C=O) groups excluding carboxylic acids is 1. The first-order valence-electron chi connectivity index (χ1n) is 5.94. The fourth-order valence-electron chi connectivity index (χ4n) is 1.80. The zero-order valence-electron chi connectivity index (χ0n) is 10.4. The molecule has 1 saturated carbocycles. The normalized spacial score (nSPS) is 16.3. The number of rotatable bonds is 5. The number of hydrogen-bond acceptors (Lipinski definition) is 4. The van der Waals surface area contributed by atoms with Crippen LogP contribution < -0.4 is 0 Å². The summed E-state index contributed by atoms with van der Waals surface area (Å²) in [5.74, 6) is -1.25. The number of aromatic nitrogens is 1. The minimum absolute atomic E-state index is 0.149. The molecule has 1 aromatic rings. The Hall–Kier alpha value is -1.85. The quantitative estimate of drug-likeness (QED) is 0.854. The predicted molar refractivity (Wildman–Crippen MR) is 62.1 cm³/mol. The monoisotopic (exact) mass is 252 g/mol. The summed E-state index contributed by atoms with van der Waals surface area (Å²) < 4.78 is 5.01. The summed E-state index contributed by atoms with van der Waals surface area (Å²) in [5.41, 5.74) is 0.277. The van der Waals surface area contributed by atoms with Crippen LogP contribution in [0.1, 0.15) is 36.0 Å². The largest absolute Gasteiger partial charge is 0.481 e. The van der Waals surface area contributed by atoms with Gasteiger partial charge in [0.25, 0.3) is 5.91 Å². The van der Waals surface area contributed by atoms with Crippen LogP contribution in [0.25, 0.3) is 0 Å². The van der Waals surface area contributed by atoms with Crippen LogP contribution in [0.4, 0.5) is 0 Å². The topological polar surface area (TPSA) is 83.6 Å². The summed E-state index contributed by atoms with van der Waals surface area (Å²) in [6, 6.07) is 0.149. The van der Waals surface area contributed by atoms with Crippen molar-refractivity contribution in [1.82, 2.24) is 9.88 Å². The van der Waals surface area contributed by atoms with Crippen molar-refractivity contribution in [3.05, 3.63) is 17.8 Å². The first-order valence-corrected chi connectivity index (χ1v) is 5.94. The minimum Gasteiger partial charge on any atom is -0.481 e. The second kappa shape index (κ2) is 4.80. The third kappa shape index (κ3) is 2.52. The summed E-state index contributed by atoms with van der Waals surface area (Å²) in [4.78, 5) is 28.7. The Morgan fingerprint density at radius 1 is 1.61 bits per heavy atom. The average molecular weight is 252 g/mol. The van der Waals surface area contributed by atoms with Crippen LogP contribution in [0.5, 0.6) is 0 Å². The van der Waals surface area contributed by atoms with Crippen LogP contribution >= 0.6 is 0 Å². The lowest BCUT2D eigenvalue weighted by atomic mass is 10.1. The lowest BCUT2D eigenvalue weighted by molar-refractivity contribution is -0.141. The van der Waals surface area contributed by atoms with Crippen molar-refractivity contribution in [3.63, 3.8) is 0 Å². The molecule has 1 N–H and O–H groups in total. The van der Waals surface area contributed by atoms with E-state index >= 15 is 0 Å². The van der Waals surface area contributed by atoms with Gasteiger partial charge in [-0.1, -0.05) is 6.92 Å². The van der Waals surface area contributed by atoms with E-state index in [4.69, 9.17) is 9.52 Å². The van der Waals surface area contributed by atoms with Crippen molar-refractivity contribution in [2.45, 2.75) is 32.7 Å². The number of hydrogen-bond donors (Lipinski definition) is 1. The molecule has 0 bridgehead atoms. The van der Waals surface area contributed by atoms with Gasteiger partial charge in [-0.15, -0.1) is 0 Å². The lowest BCUT2D eigenvalue weighted by Crippen LogP contribution is -2.39. The van der Waals surface area contributed by atoms with Crippen molar-refractivity contribution >= 4 is 11.9 Å². The molecule has 6 nitrogen and oxygen atoms in total. The molecule has 1 atom stereocenters. The summed E-state index contributed by atoms with van der Waals surface area (Å²) in [7, 11) is 0. The molecule has 18 heavy (non-hydrogen) atoms. The van der Waals surface area contributed by atoms with E-state index in [0.717, 1.165) is 12.8 Å². The SMILES string of the molecule is Cc1ocnc1C(=O)N(C[C@H](C)C(=O)O)C1CC1. The third-order valence-electron chi connectivity index (χ3n) is 3.09. The molecule has 0 radical (unpaired) electrons. The van der Waals surface area contributed by atoms with Gasteiger partial charge in [0.05, 0.1) is 5.92 Å². The van der Waals surface area contributed by atoms with Gasteiger partial charge >= 0.3 is 5.97 Å². The maximum absolute atomic E-state index is 12.3. The lowest BCUT2D eigenvalue weighted by Gasteiger charge is -2.23. The van der Waals surface area contributed by atoms with Gasteiger partial charge in [0.1, 0.15) is 5.76 Å². The van der Waals surface area contributed by atoms with E-state index < -0.39 is 11.9 Å². The summed E-state index contributed by atoms with van der Waals surface area (Å²) in [6.07, 6.45) is 3.08. The molecule has 0 unspecified atom stereocenters. The van der Waals surface area contributed by atoms with Gasteiger partial charge in [0, 0.05) is 12.6 Å². The average Bonchev–Trinajstić information content (AvgIpc) is 3.07. The van der Waals surface area contributed by atoms with Crippen molar-refractivity contribution in [2.75, 3.05) is 6.54 Å². The standard InChI is InChI=1S/C12H16N2O4/c1-7(12(16)17)5-14(9-3-4-9)11(15)10-8(2)18-6-13-10/h6-7,9H,3-5H2,1-2H3,(H,16,17)/t7-/m0/s1. The Morgan fingerprint density at radius 3 is 2.72 bits per heavy atom. The first kappa shape index (κ1) is 12.6. The molecule has 1 heterocycles. The van der Waals surface area contributed by atoms with Gasteiger partial charge in [-0.25, -0.2) is 4.98 Å². The van der Waals surface area contributed by atoms with Gasteiger partial charge < -0.3 is 14.4 Å². The van der Waals surface area contributed by atoms with Crippen molar-refractivity contribution in [3.8, 4) is 0 Å². The summed E-state index contributed by atoms with van der Waals surface area (Å²) >= 11 is 0. The highest BCUT2D eigenvalue weighted by molar-refractivity contribution is 5.93. The molecular formula is C12H16N2O4. The molecule has 1 aliphatic carbocycles. The molecule has 6 heteroatoms. The van der Waals surface area contributed by atoms with E-state index in [1.807, 2.05) is 0 Å². The number of nitrogens with zero attached hydrogens (tertiary/aromatic N) is 2. The summed E-state index contributed by atoms with van der Waals surface area (Å²) in [6.45, 7) is 3.48. The van der Waals surface area contributed by atoms with Gasteiger partial charge in [-0.05, 0) is 19.8 Å². The molecule has 0 aliphatic heterocycles. The first-order chi connectivity index (χ1) is 8.50. The highest BCUT2D eigenvalue weighted by atomic mass is 16.4. The van der Waals surface area contributed by atoms with Crippen LogP contribution in [-0.4, -0.2) is 39.5 Å². The van der Waals surface area contributed by atoms with Crippen LogP contribution in [0.3, 0.4) is 0 Å². The maximum atomic E-state index is 12.3. The van der Waals surface area contributed by atoms with Gasteiger partial charge in [0.15, 0.2) is 12.1 Å². The van der Waals surface area contributed by atoms with Gasteiger partial charge in [0.2, 0.25) is 0 Å². The van der Waals surface area contributed by atoms with E-state index in [2.05, 4.69) is 4.98 Å². The predicted octanol–water partition coefficient (Wildman–Crippen LogP) is 1.31. The number of carboxylic acids is 1. The highest BCUT2D eigenvalue weighted by Gasteiger charge is 2.36.